The van der Waals surface area contributed by atoms with Gasteiger partial charge in [-0.15, -0.1) is 0 Å². The lowest BCUT2D eigenvalue weighted by Gasteiger charge is -2.27. The second-order valence-corrected chi connectivity index (χ2v) is 5.86. The zero-order valence-corrected chi connectivity index (χ0v) is 16.1. The minimum atomic E-state index is -0.340. The summed E-state index contributed by atoms with van der Waals surface area (Å²) in [7, 11) is 0. The molecule has 0 aliphatic carbocycles. The first-order valence-corrected chi connectivity index (χ1v) is 9.61. The quantitative estimate of drug-likeness (QED) is 0.614. The molecule has 2 rings (SSSR count). The van der Waals surface area contributed by atoms with Crippen molar-refractivity contribution in [3.05, 3.63) is 6.10 Å². The summed E-state index contributed by atoms with van der Waals surface area (Å²) in [5.74, 6) is 0. The van der Waals surface area contributed by atoms with Crippen molar-refractivity contribution in [3.63, 3.8) is 0 Å². The van der Waals surface area contributed by atoms with Crippen molar-refractivity contribution in [1.29, 1.82) is 0 Å². The Kier molecular flexibility index (Phi) is 14.1. The van der Waals surface area contributed by atoms with Gasteiger partial charge in [0.15, 0.2) is 6.10 Å². The third kappa shape index (κ3) is 11.9. The molecule has 2 fully saturated rings. The maximum atomic E-state index is 5.92. The fourth-order valence-corrected chi connectivity index (χ4v) is 2.41. The van der Waals surface area contributed by atoms with Gasteiger partial charge in [0, 0.05) is 0 Å². The SMILES string of the molecule is C1COCCOC[C](C2COCCOCCOCCO2)OCCOCCO1. The number of hydrogen-bond acceptors (Lipinski definition) is 9. The van der Waals surface area contributed by atoms with Gasteiger partial charge in [0.1, 0.15) is 6.10 Å². The van der Waals surface area contributed by atoms with Crippen LogP contribution in [0, 0.1) is 6.10 Å². The molecule has 9 heteroatoms. The van der Waals surface area contributed by atoms with Crippen molar-refractivity contribution in [3.8, 4) is 0 Å². The molecule has 0 aromatic rings. The van der Waals surface area contributed by atoms with Crippen LogP contribution in [-0.2, 0) is 42.6 Å². The third-order valence-corrected chi connectivity index (χ3v) is 3.79. The van der Waals surface area contributed by atoms with Gasteiger partial charge in [-0.1, -0.05) is 0 Å². The van der Waals surface area contributed by atoms with Crippen LogP contribution < -0.4 is 0 Å². The van der Waals surface area contributed by atoms with Crippen LogP contribution in [0.1, 0.15) is 0 Å². The van der Waals surface area contributed by atoms with Crippen LogP contribution in [0.15, 0.2) is 0 Å². The predicted molar refractivity (Wildman–Crippen MR) is 94.7 cm³/mol. The maximum Gasteiger partial charge on any atom is 0.153 e. The van der Waals surface area contributed by atoms with Gasteiger partial charge < -0.3 is 42.6 Å². The molecule has 0 N–H and O–H groups in total. The van der Waals surface area contributed by atoms with E-state index in [1.165, 1.54) is 0 Å². The monoisotopic (exact) mass is 393 g/mol. The van der Waals surface area contributed by atoms with Crippen LogP contribution in [-0.4, -0.2) is 112 Å². The summed E-state index contributed by atoms with van der Waals surface area (Å²) < 4.78 is 50.4. The van der Waals surface area contributed by atoms with Crippen LogP contribution in [0.4, 0.5) is 0 Å². The highest BCUT2D eigenvalue weighted by molar-refractivity contribution is 4.89. The van der Waals surface area contributed by atoms with Crippen molar-refractivity contribution >= 4 is 0 Å². The van der Waals surface area contributed by atoms with Crippen molar-refractivity contribution in [2.45, 2.75) is 6.10 Å². The van der Waals surface area contributed by atoms with Gasteiger partial charge in [0.2, 0.25) is 0 Å². The number of rotatable bonds is 1. The lowest BCUT2D eigenvalue weighted by Crippen LogP contribution is -2.35. The van der Waals surface area contributed by atoms with E-state index in [1.54, 1.807) is 0 Å². The molecule has 0 spiro atoms. The molecule has 1 radical (unpaired) electrons. The topological polar surface area (TPSA) is 83.1 Å². The minimum Gasteiger partial charge on any atom is -0.377 e. The average Bonchev–Trinajstić information content (AvgIpc) is 2.68. The second-order valence-electron chi connectivity index (χ2n) is 5.86. The Morgan fingerprint density at radius 3 is 1.48 bits per heavy atom. The van der Waals surface area contributed by atoms with Crippen LogP contribution in [0.3, 0.4) is 0 Å². The summed E-state index contributed by atoms with van der Waals surface area (Å²) in [6.07, 6.45) is 0.343. The van der Waals surface area contributed by atoms with E-state index < -0.39 is 0 Å². The predicted octanol–water partition coefficient (Wildman–Crippen LogP) is 0.0636. The first-order chi connectivity index (χ1) is 13.5. The fourth-order valence-electron chi connectivity index (χ4n) is 2.41. The normalized spacial score (nSPS) is 28.2. The summed E-state index contributed by atoms with van der Waals surface area (Å²) in [5, 5.41) is 0. The molecule has 9 nitrogen and oxygen atoms in total. The Balaban J connectivity index is 1.82. The van der Waals surface area contributed by atoms with Crippen LogP contribution >= 0.6 is 0 Å². The molecule has 0 aromatic carbocycles. The second kappa shape index (κ2) is 16.6. The lowest BCUT2D eigenvalue weighted by molar-refractivity contribution is -0.104. The highest BCUT2D eigenvalue weighted by Crippen LogP contribution is 2.15. The van der Waals surface area contributed by atoms with Gasteiger partial charge in [-0.3, -0.25) is 0 Å². The summed E-state index contributed by atoms with van der Waals surface area (Å²) in [6, 6.07) is 0. The average molecular weight is 393 g/mol. The summed E-state index contributed by atoms with van der Waals surface area (Å²) in [4.78, 5) is 0. The largest absolute Gasteiger partial charge is 0.377 e. The Hall–Kier alpha value is -0.360. The summed E-state index contributed by atoms with van der Waals surface area (Å²) >= 11 is 0. The summed E-state index contributed by atoms with van der Waals surface area (Å²) in [5.41, 5.74) is 0. The Labute approximate surface area is 161 Å². The zero-order chi connectivity index (χ0) is 18.8. The number of hydrogen-bond donors (Lipinski definition) is 0. The first-order valence-electron chi connectivity index (χ1n) is 9.61. The minimum absolute atomic E-state index is 0.311. The molecule has 2 saturated heterocycles. The van der Waals surface area contributed by atoms with Crippen molar-refractivity contribution < 1.29 is 42.6 Å². The molecule has 0 aromatic heterocycles. The molecular formula is C18H33O9. The van der Waals surface area contributed by atoms with Gasteiger partial charge in [-0.25, -0.2) is 0 Å². The first kappa shape index (κ1) is 22.9. The van der Waals surface area contributed by atoms with E-state index >= 15 is 0 Å². The summed E-state index contributed by atoms with van der Waals surface area (Å²) in [6.45, 7) is 7.74. The molecule has 2 heterocycles. The van der Waals surface area contributed by atoms with E-state index in [2.05, 4.69) is 0 Å². The van der Waals surface area contributed by atoms with Gasteiger partial charge in [0.25, 0.3) is 0 Å². The molecule has 27 heavy (non-hydrogen) atoms. The van der Waals surface area contributed by atoms with E-state index in [0.29, 0.717) is 112 Å². The van der Waals surface area contributed by atoms with E-state index in [-0.39, 0.29) is 6.10 Å². The van der Waals surface area contributed by atoms with Gasteiger partial charge >= 0.3 is 0 Å². The molecule has 0 amide bonds. The molecule has 2 aliphatic rings. The molecule has 1 unspecified atom stereocenters. The Morgan fingerprint density at radius 1 is 0.444 bits per heavy atom. The maximum absolute atomic E-state index is 5.92. The van der Waals surface area contributed by atoms with Gasteiger partial charge in [-0.2, -0.15) is 0 Å². The van der Waals surface area contributed by atoms with Crippen molar-refractivity contribution in [2.24, 2.45) is 0 Å². The molecule has 1 atom stereocenters. The molecule has 2 aliphatic heterocycles. The Morgan fingerprint density at radius 2 is 0.889 bits per heavy atom. The highest BCUT2D eigenvalue weighted by Gasteiger charge is 2.25. The number of ether oxygens (including phenoxy) is 9. The van der Waals surface area contributed by atoms with E-state index in [4.69, 9.17) is 42.6 Å². The smallest absolute Gasteiger partial charge is 0.153 e. The van der Waals surface area contributed by atoms with Crippen LogP contribution in [0.5, 0.6) is 0 Å². The standard InChI is InChI=1S/C18H33O9/c1-2-20-7-9-24-15-17(26-13-11-22-5-3-19-1)18-16-25-10-8-21-4-6-23-12-14-27-18/h18H,1-16H2. The molecule has 159 valence electrons. The lowest BCUT2D eigenvalue weighted by atomic mass is 10.2. The Bertz CT molecular complexity index is 304. The van der Waals surface area contributed by atoms with Gasteiger partial charge in [-0.05, 0) is 0 Å². The van der Waals surface area contributed by atoms with Crippen LogP contribution in [0.2, 0.25) is 0 Å². The molecule has 0 saturated carbocycles. The van der Waals surface area contributed by atoms with Crippen molar-refractivity contribution in [2.75, 3.05) is 106 Å². The molecular weight excluding hydrogens is 360 g/mol. The van der Waals surface area contributed by atoms with E-state index in [0.717, 1.165) is 0 Å². The van der Waals surface area contributed by atoms with Crippen LogP contribution in [0.25, 0.3) is 0 Å². The highest BCUT2D eigenvalue weighted by atomic mass is 16.6. The third-order valence-electron chi connectivity index (χ3n) is 3.79. The van der Waals surface area contributed by atoms with Crippen molar-refractivity contribution in [1.82, 2.24) is 0 Å². The van der Waals surface area contributed by atoms with Gasteiger partial charge in [0.05, 0.1) is 106 Å². The fraction of sp³-hybridized carbons (Fsp3) is 0.944. The van der Waals surface area contributed by atoms with E-state index in [1.807, 2.05) is 0 Å². The van der Waals surface area contributed by atoms with E-state index in [9.17, 15) is 0 Å². The zero-order valence-electron chi connectivity index (χ0n) is 16.1. The molecule has 0 bridgehead atoms.